The lowest BCUT2D eigenvalue weighted by atomic mass is 10.2. The summed E-state index contributed by atoms with van der Waals surface area (Å²) in [6.45, 7) is -0.340. The van der Waals surface area contributed by atoms with Crippen LogP contribution in [0.25, 0.3) is 11.2 Å². The van der Waals surface area contributed by atoms with Crippen LogP contribution in [-0.4, -0.2) is 53.9 Å². The number of hydrogen-bond donors (Lipinski definition) is 4. The Hall–Kier alpha value is -1.68. The molecule has 108 valence electrons. The highest BCUT2D eigenvalue weighted by molar-refractivity contribution is 6.21. The lowest BCUT2D eigenvalue weighted by Gasteiger charge is -2.16. The summed E-state index contributed by atoms with van der Waals surface area (Å²) in [6, 6.07) is 0. The van der Waals surface area contributed by atoms with Gasteiger partial charge in [0.05, 0.1) is 12.9 Å². The normalized spacial score (nSPS) is 30.1. The van der Waals surface area contributed by atoms with Gasteiger partial charge < -0.3 is 26.4 Å². The molecule has 2 aromatic rings. The van der Waals surface area contributed by atoms with E-state index in [-0.39, 0.29) is 18.4 Å². The average Bonchev–Trinajstić information content (AvgIpc) is 2.93. The number of nitrogens with two attached hydrogens (primary N) is 2. The summed E-state index contributed by atoms with van der Waals surface area (Å²) in [5.74, 6) is 0.148. The van der Waals surface area contributed by atoms with Gasteiger partial charge in [-0.25, -0.2) is 4.98 Å². The first kappa shape index (κ1) is 13.3. The summed E-state index contributed by atoms with van der Waals surface area (Å²) in [7, 11) is 0. The molecule has 1 aliphatic heterocycles. The summed E-state index contributed by atoms with van der Waals surface area (Å²) in [5, 5.41) is 18.2. The van der Waals surface area contributed by atoms with Crippen molar-refractivity contribution in [2.24, 2.45) is 0 Å². The number of nitrogens with zero attached hydrogens (tertiary/aromatic N) is 4. The number of halogens is 1. The Bertz CT molecular complexity index is 649. The van der Waals surface area contributed by atoms with E-state index in [0.29, 0.717) is 11.2 Å². The molecule has 0 saturated carbocycles. The molecular formula is C10H13ClN6O3. The van der Waals surface area contributed by atoms with Crippen LogP contribution in [0.15, 0.2) is 6.33 Å². The molecule has 4 atom stereocenters. The van der Waals surface area contributed by atoms with Crippen LogP contribution in [0.4, 0.5) is 11.8 Å². The number of nitrogen functional groups attached to an aromatic ring is 2. The van der Waals surface area contributed by atoms with Crippen molar-refractivity contribution in [3.63, 3.8) is 0 Å². The molecule has 1 fully saturated rings. The van der Waals surface area contributed by atoms with Crippen LogP contribution >= 0.6 is 11.6 Å². The molecule has 1 aliphatic rings. The van der Waals surface area contributed by atoms with Crippen molar-refractivity contribution in [2.75, 3.05) is 18.1 Å². The van der Waals surface area contributed by atoms with Gasteiger partial charge >= 0.3 is 0 Å². The van der Waals surface area contributed by atoms with Gasteiger partial charge in [-0.1, -0.05) is 0 Å². The molecule has 0 bridgehead atoms. The number of rotatable bonds is 2. The molecule has 20 heavy (non-hydrogen) atoms. The number of imidazole rings is 1. The second-order valence-electron chi connectivity index (χ2n) is 4.47. The predicted molar refractivity (Wildman–Crippen MR) is 70.8 cm³/mol. The van der Waals surface area contributed by atoms with Crippen molar-refractivity contribution in [1.82, 2.24) is 19.5 Å². The van der Waals surface area contributed by atoms with E-state index in [1.807, 2.05) is 0 Å². The Balaban J connectivity index is 2.07. The van der Waals surface area contributed by atoms with Crippen LogP contribution in [0.3, 0.4) is 0 Å². The van der Waals surface area contributed by atoms with Crippen molar-refractivity contribution >= 4 is 34.5 Å². The standard InChI is InChI=1S/C10H13ClN6O3/c11-4-6(19)3(1-18)20-9(4)17-2-14-5-7(12)15-10(13)16-8(5)17/h2-4,6,9,18-19H,1H2,(H4,12,13,15,16)/t3-,4+,6-,9-/m1/s1. The van der Waals surface area contributed by atoms with Gasteiger partial charge in [0.1, 0.15) is 23.1 Å². The molecular weight excluding hydrogens is 288 g/mol. The number of anilines is 2. The number of alkyl halides is 1. The van der Waals surface area contributed by atoms with E-state index in [4.69, 9.17) is 32.9 Å². The van der Waals surface area contributed by atoms with Gasteiger partial charge in [0, 0.05) is 0 Å². The molecule has 0 spiro atoms. The molecule has 9 nitrogen and oxygen atoms in total. The van der Waals surface area contributed by atoms with Crippen molar-refractivity contribution in [1.29, 1.82) is 0 Å². The molecule has 3 rings (SSSR count). The summed E-state index contributed by atoms with van der Waals surface area (Å²) in [6.07, 6.45) is -1.07. The van der Waals surface area contributed by atoms with Gasteiger partial charge in [-0.2, -0.15) is 9.97 Å². The SMILES string of the molecule is Nc1nc(N)c2ncn([C@@H]3O[C@H](CO)[C@@H](O)[C@@H]3Cl)c2n1. The summed E-state index contributed by atoms with van der Waals surface area (Å²) in [4.78, 5) is 12.0. The molecule has 0 aromatic carbocycles. The smallest absolute Gasteiger partial charge is 0.224 e. The Kier molecular flexibility index (Phi) is 3.13. The minimum absolute atomic E-state index is 0.000117. The van der Waals surface area contributed by atoms with E-state index >= 15 is 0 Å². The first-order chi connectivity index (χ1) is 9.52. The zero-order valence-corrected chi connectivity index (χ0v) is 11.0. The first-order valence-electron chi connectivity index (χ1n) is 5.87. The third kappa shape index (κ3) is 1.86. The summed E-state index contributed by atoms with van der Waals surface area (Å²) in [5.41, 5.74) is 12.0. The highest BCUT2D eigenvalue weighted by Gasteiger charge is 2.43. The molecule has 10 heteroatoms. The molecule has 2 aromatic heterocycles. The fourth-order valence-corrected chi connectivity index (χ4v) is 2.56. The van der Waals surface area contributed by atoms with Gasteiger partial charge in [0.2, 0.25) is 5.95 Å². The van der Waals surface area contributed by atoms with E-state index in [9.17, 15) is 5.11 Å². The molecule has 0 unspecified atom stereocenters. The predicted octanol–water partition coefficient (Wildman–Crippen LogP) is -1.15. The third-order valence-electron chi connectivity index (χ3n) is 3.21. The van der Waals surface area contributed by atoms with Gasteiger partial charge in [-0.05, 0) is 0 Å². The highest BCUT2D eigenvalue weighted by atomic mass is 35.5. The maximum Gasteiger partial charge on any atom is 0.224 e. The molecule has 1 saturated heterocycles. The van der Waals surface area contributed by atoms with Gasteiger partial charge in [0.15, 0.2) is 17.7 Å². The number of aliphatic hydroxyl groups excluding tert-OH is 2. The van der Waals surface area contributed by atoms with Crippen molar-refractivity contribution < 1.29 is 14.9 Å². The maximum absolute atomic E-state index is 9.88. The fraction of sp³-hybridized carbons (Fsp3) is 0.500. The Morgan fingerprint density at radius 2 is 2.15 bits per heavy atom. The monoisotopic (exact) mass is 300 g/mol. The van der Waals surface area contributed by atoms with Crippen LogP contribution in [0, 0.1) is 0 Å². The van der Waals surface area contributed by atoms with E-state index in [0.717, 1.165) is 0 Å². The molecule has 0 aliphatic carbocycles. The largest absolute Gasteiger partial charge is 0.394 e. The highest BCUT2D eigenvalue weighted by Crippen LogP contribution is 2.35. The number of fused-ring (bicyclic) bond motifs is 1. The van der Waals surface area contributed by atoms with Crippen LogP contribution in [-0.2, 0) is 4.74 Å². The summed E-state index contributed by atoms with van der Waals surface area (Å²) >= 11 is 6.13. The van der Waals surface area contributed by atoms with Crippen LogP contribution in [0.2, 0.25) is 0 Å². The molecule has 3 heterocycles. The second-order valence-corrected chi connectivity index (χ2v) is 4.98. The van der Waals surface area contributed by atoms with Gasteiger partial charge in [0.25, 0.3) is 0 Å². The fourth-order valence-electron chi connectivity index (χ4n) is 2.22. The molecule has 0 amide bonds. The lowest BCUT2D eigenvalue weighted by molar-refractivity contribution is -0.0431. The van der Waals surface area contributed by atoms with Gasteiger partial charge in [-0.3, -0.25) is 4.57 Å². The maximum atomic E-state index is 9.88. The third-order valence-corrected chi connectivity index (χ3v) is 3.69. The van der Waals surface area contributed by atoms with E-state index in [1.54, 1.807) is 0 Å². The number of ether oxygens (including phenoxy) is 1. The zero-order valence-electron chi connectivity index (χ0n) is 10.2. The van der Waals surface area contributed by atoms with Crippen molar-refractivity contribution in [3.8, 4) is 0 Å². The topological polar surface area (TPSA) is 145 Å². The quantitative estimate of drug-likeness (QED) is 0.509. The van der Waals surface area contributed by atoms with E-state index < -0.39 is 23.8 Å². The minimum Gasteiger partial charge on any atom is -0.394 e. The van der Waals surface area contributed by atoms with Crippen LogP contribution < -0.4 is 11.5 Å². The zero-order chi connectivity index (χ0) is 14.4. The second kappa shape index (κ2) is 4.70. The number of aromatic nitrogens is 4. The number of aliphatic hydroxyl groups is 2. The minimum atomic E-state index is -0.999. The van der Waals surface area contributed by atoms with Crippen LogP contribution in [0.1, 0.15) is 6.23 Å². The van der Waals surface area contributed by atoms with Gasteiger partial charge in [-0.15, -0.1) is 11.6 Å². The Morgan fingerprint density at radius 1 is 1.40 bits per heavy atom. The molecule has 0 radical (unpaired) electrons. The lowest BCUT2D eigenvalue weighted by Crippen LogP contribution is -2.29. The molecule has 6 N–H and O–H groups in total. The number of hydrogen-bond acceptors (Lipinski definition) is 8. The first-order valence-corrected chi connectivity index (χ1v) is 6.30. The Labute approximate surface area is 118 Å². The van der Waals surface area contributed by atoms with Crippen molar-refractivity contribution in [3.05, 3.63) is 6.33 Å². The van der Waals surface area contributed by atoms with E-state index in [1.165, 1.54) is 10.9 Å². The van der Waals surface area contributed by atoms with E-state index in [2.05, 4.69) is 15.0 Å². The Morgan fingerprint density at radius 3 is 2.80 bits per heavy atom. The average molecular weight is 301 g/mol. The van der Waals surface area contributed by atoms with Crippen molar-refractivity contribution in [2.45, 2.75) is 23.8 Å². The summed E-state index contributed by atoms with van der Waals surface area (Å²) < 4.78 is 7.03. The van der Waals surface area contributed by atoms with Crippen LogP contribution in [0.5, 0.6) is 0 Å².